The Balaban J connectivity index is 1.80. The number of hydrogen-bond donors (Lipinski definition) is 7. The van der Waals surface area contributed by atoms with E-state index >= 15 is 0 Å². The highest BCUT2D eigenvalue weighted by Gasteiger charge is 2.41. The third-order valence-electron chi connectivity index (χ3n) is 7.16. The quantitative estimate of drug-likeness (QED) is 0.0166. The van der Waals surface area contributed by atoms with Crippen LogP contribution in [0.15, 0.2) is 24.3 Å². The van der Waals surface area contributed by atoms with Gasteiger partial charge in [0, 0.05) is 24.7 Å². The van der Waals surface area contributed by atoms with Gasteiger partial charge in [-0.3, -0.25) is 14.1 Å². The summed E-state index contributed by atoms with van der Waals surface area (Å²) in [6, 6.07) is 6.39. The Bertz CT molecular complexity index is 1520. The van der Waals surface area contributed by atoms with Crippen molar-refractivity contribution in [2.75, 3.05) is 71.8 Å². The highest BCUT2D eigenvalue weighted by molar-refractivity contribution is 8.76. The summed E-state index contributed by atoms with van der Waals surface area (Å²) in [6.07, 6.45) is 2.73. The summed E-state index contributed by atoms with van der Waals surface area (Å²) in [4.78, 5) is 62.6. The number of rotatable bonds is 27. The molecule has 1 aliphatic rings. The number of benzene rings is 1. The van der Waals surface area contributed by atoms with Gasteiger partial charge in [0.2, 0.25) is 21.6 Å². The van der Waals surface area contributed by atoms with Crippen molar-refractivity contribution in [2.24, 2.45) is 5.73 Å². The van der Waals surface area contributed by atoms with E-state index in [1.807, 2.05) is 6.26 Å². The lowest BCUT2D eigenvalue weighted by molar-refractivity contribution is -0.126. The largest absolute Gasteiger partial charge is 0.490 e. The number of hydrogen-bond acceptors (Lipinski definition) is 17. The van der Waals surface area contributed by atoms with Gasteiger partial charge in [0.15, 0.2) is 5.34 Å². The van der Waals surface area contributed by atoms with Crippen LogP contribution < -0.4 is 21.1 Å². The van der Waals surface area contributed by atoms with Crippen molar-refractivity contribution in [1.82, 2.24) is 10.6 Å². The maximum atomic E-state index is 12.3. The van der Waals surface area contributed by atoms with Gasteiger partial charge in [0.25, 0.3) is 5.91 Å². The second-order valence-electron chi connectivity index (χ2n) is 11.5. The lowest BCUT2D eigenvalue weighted by Gasteiger charge is -2.29. The summed E-state index contributed by atoms with van der Waals surface area (Å²) in [6.45, 7) is 3.68. The molecular formula is C32H50BN3O14P2S4. The number of carbonyl (C=O) groups is 2. The predicted octanol–water partition coefficient (Wildman–Crippen LogP) is 1.64. The van der Waals surface area contributed by atoms with E-state index in [0.29, 0.717) is 30.8 Å². The van der Waals surface area contributed by atoms with E-state index in [4.69, 9.17) is 43.9 Å². The monoisotopic (exact) mass is 901 g/mol. The molecule has 1 saturated heterocycles. The molecule has 1 aromatic rings. The SMILES string of the molecule is CC#CC(C)(OCC1O[C@@H](BC#CCNC(=O)COCCOC(COc2cccc(C(=O)NCCN)c2)SSC)C[C@H]1O[C@@H](COP(=O)(O)O)SSC)P(O)O. The molecule has 0 saturated carbocycles. The maximum absolute atomic E-state index is 12.3. The van der Waals surface area contributed by atoms with E-state index in [9.17, 15) is 23.9 Å². The number of nitrogens with two attached hydrogens (primary N) is 1. The lowest BCUT2D eigenvalue weighted by atomic mass is 9.71. The summed E-state index contributed by atoms with van der Waals surface area (Å²) in [5.74, 6) is 11.1. The Kier molecular flexibility index (Phi) is 25.7. The number of nitrogens with one attached hydrogen (secondary N) is 2. The van der Waals surface area contributed by atoms with E-state index < -0.39 is 45.2 Å². The first-order chi connectivity index (χ1) is 26.7. The third-order valence-corrected chi connectivity index (χ3v) is 12.4. The second kappa shape index (κ2) is 28.3. The van der Waals surface area contributed by atoms with E-state index in [-0.39, 0.29) is 70.7 Å². The fraction of sp³-hybridized carbons (Fsp3) is 0.625. The molecule has 1 fully saturated rings. The smallest absolute Gasteiger partial charge is 0.469 e. The van der Waals surface area contributed by atoms with E-state index in [1.165, 1.54) is 50.1 Å². The first-order valence-corrected chi connectivity index (χ1v) is 25.0. The molecule has 314 valence electrons. The zero-order valence-corrected chi connectivity index (χ0v) is 36.5. The van der Waals surface area contributed by atoms with E-state index in [2.05, 4.69) is 38.7 Å². The molecule has 0 bridgehead atoms. The van der Waals surface area contributed by atoms with Crippen LogP contribution >= 0.6 is 59.4 Å². The van der Waals surface area contributed by atoms with Gasteiger partial charge < -0.3 is 64.4 Å². The molecule has 6 atom stereocenters. The van der Waals surface area contributed by atoms with Crippen LogP contribution in [0.4, 0.5) is 0 Å². The van der Waals surface area contributed by atoms with Gasteiger partial charge >= 0.3 is 7.82 Å². The van der Waals surface area contributed by atoms with Crippen molar-refractivity contribution >= 4 is 78.5 Å². The number of ether oxygens (including phenoxy) is 6. The molecule has 3 unspecified atom stereocenters. The molecular weight excluding hydrogens is 851 g/mol. The van der Waals surface area contributed by atoms with Crippen LogP contribution in [-0.4, -0.2) is 145 Å². The Hall–Kier alpha value is -1.24. The maximum Gasteiger partial charge on any atom is 0.469 e. The minimum absolute atomic E-state index is 0.0638. The fourth-order valence-electron chi connectivity index (χ4n) is 4.63. The Morgan fingerprint density at radius 2 is 1.91 bits per heavy atom. The number of carbonyl (C=O) groups excluding carboxylic acids is 2. The molecule has 0 radical (unpaired) electrons. The van der Waals surface area contributed by atoms with Crippen molar-refractivity contribution < 1.29 is 66.7 Å². The van der Waals surface area contributed by atoms with Crippen LogP contribution in [0.1, 0.15) is 30.6 Å². The molecule has 1 aliphatic heterocycles. The summed E-state index contributed by atoms with van der Waals surface area (Å²) < 4.78 is 51.2. The molecule has 56 heavy (non-hydrogen) atoms. The predicted molar refractivity (Wildman–Crippen MR) is 223 cm³/mol. The van der Waals surface area contributed by atoms with Crippen LogP contribution in [-0.2, 0) is 37.6 Å². The van der Waals surface area contributed by atoms with Crippen molar-refractivity contribution in [3.63, 3.8) is 0 Å². The number of amides is 2. The van der Waals surface area contributed by atoms with Crippen LogP contribution in [0.3, 0.4) is 0 Å². The summed E-state index contributed by atoms with van der Waals surface area (Å²) >= 11 is 0. The summed E-state index contributed by atoms with van der Waals surface area (Å²) in [7, 11) is -1.53. The van der Waals surface area contributed by atoms with E-state index in [0.717, 1.165) is 0 Å². The first kappa shape index (κ1) is 50.9. The molecule has 1 aromatic carbocycles. The van der Waals surface area contributed by atoms with Gasteiger partial charge in [-0.25, -0.2) is 4.57 Å². The third kappa shape index (κ3) is 21.1. The van der Waals surface area contributed by atoms with Gasteiger partial charge in [-0.15, -0.1) is 5.92 Å². The fourth-order valence-corrected chi connectivity index (χ4v) is 8.40. The molecule has 2 amide bonds. The van der Waals surface area contributed by atoms with Crippen molar-refractivity contribution in [2.45, 2.75) is 54.7 Å². The zero-order chi connectivity index (χ0) is 41.4. The van der Waals surface area contributed by atoms with Crippen molar-refractivity contribution in [1.29, 1.82) is 0 Å². The molecule has 1 heterocycles. The van der Waals surface area contributed by atoms with Crippen LogP contribution in [0.25, 0.3) is 0 Å². The Morgan fingerprint density at radius 3 is 2.59 bits per heavy atom. The molecule has 0 spiro atoms. The second-order valence-corrected chi connectivity index (χ2v) is 19.4. The average Bonchev–Trinajstić information content (AvgIpc) is 3.54. The lowest BCUT2D eigenvalue weighted by Crippen LogP contribution is -2.36. The van der Waals surface area contributed by atoms with Crippen LogP contribution in [0.5, 0.6) is 5.75 Å². The summed E-state index contributed by atoms with van der Waals surface area (Å²) in [5, 5.41) is 3.85. The zero-order valence-electron chi connectivity index (χ0n) is 31.5. The average molecular weight is 902 g/mol. The molecule has 17 nitrogen and oxygen atoms in total. The topological polar surface area (TPSA) is 247 Å². The Labute approximate surface area is 345 Å². The van der Waals surface area contributed by atoms with Gasteiger partial charge in [-0.05, 0) is 51.0 Å². The molecule has 0 aromatic heterocycles. The van der Waals surface area contributed by atoms with Gasteiger partial charge in [0.1, 0.15) is 35.9 Å². The summed E-state index contributed by atoms with van der Waals surface area (Å²) in [5.41, 5.74) is 4.81. The minimum atomic E-state index is -4.74. The van der Waals surface area contributed by atoms with Crippen LogP contribution in [0.2, 0.25) is 0 Å². The highest BCUT2D eigenvalue weighted by atomic mass is 33.1. The standard InChI is InChI=1S/C32H50BN3O14P2S4/c1-5-10-32(2,51(39)40)47-19-26-25(50-30(56-54-4)22-48-52(41,42)43)18-27(49-26)33-11-7-13-35-28(37)20-44-15-16-45-29(55-53-3)21-46-24-9-6-8-23(17-24)31(38)36-14-12-34/h6,8-9,17,25-27,29-30,33,39-40H,12-16,18-22,34H2,1-4H3,(H,35,37)(H,36,38)(H2,41,42,43)/t25-,26?,27-,29?,30-,32?/m1/s1. The van der Waals surface area contributed by atoms with Gasteiger partial charge in [-0.2, -0.15) is 5.82 Å². The molecule has 8 N–H and O–H groups in total. The van der Waals surface area contributed by atoms with Crippen molar-refractivity contribution in [3.8, 4) is 29.3 Å². The normalized spacial score (nSPS) is 18.8. The van der Waals surface area contributed by atoms with Crippen molar-refractivity contribution in [3.05, 3.63) is 29.8 Å². The van der Waals surface area contributed by atoms with Crippen LogP contribution in [0, 0.1) is 23.6 Å². The Morgan fingerprint density at radius 1 is 1.16 bits per heavy atom. The number of phosphoric ester groups is 1. The highest BCUT2D eigenvalue weighted by Crippen LogP contribution is 2.43. The molecule has 2 rings (SSSR count). The minimum Gasteiger partial charge on any atom is -0.490 e. The number of phosphoric acid groups is 1. The van der Waals surface area contributed by atoms with Gasteiger partial charge in [0.05, 0.1) is 39.1 Å². The molecule has 0 aliphatic carbocycles. The van der Waals surface area contributed by atoms with E-state index in [1.54, 1.807) is 37.4 Å². The van der Waals surface area contributed by atoms with Gasteiger partial charge in [-0.1, -0.05) is 61.1 Å². The first-order valence-electron chi connectivity index (χ1n) is 17.0. The molecule has 24 heteroatoms.